The standard InChI is InChI=1S/C32H47N3O8S/c1-21(28(35-22(2)36)26(37)19-32(3,31(41)42-4)43-16-8-17-44-18-15-33)29(39)27(38)20-34-30(40)25-13-11-24(12-14-25)23-9-6-5-7-10-23/h5-7,9-14,21,26-29,37-39H,8,15-20,33H2,1-4H3,(H,34,40)(H,35,36)/t21?,26?,27?,28?,29-,32?/m0/s1. The van der Waals surface area contributed by atoms with Crippen LogP contribution in [0, 0.1) is 5.92 Å². The Kier molecular flexibility index (Phi) is 15.8. The zero-order valence-electron chi connectivity index (χ0n) is 25.9. The number of methoxy groups -OCH3 is 1. The maximum atomic E-state index is 12.7. The summed E-state index contributed by atoms with van der Waals surface area (Å²) in [5.74, 6) is -0.909. The van der Waals surface area contributed by atoms with Gasteiger partial charge in [-0.05, 0) is 42.4 Å². The van der Waals surface area contributed by atoms with Gasteiger partial charge < -0.3 is 41.2 Å². The van der Waals surface area contributed by atoms with Crippen LogP contribution in [-0.4, -0.2) is 101 Å². The number of nitrogens with one attached hydrogen (secondary N) is 2. The van der Waals surface area contributed by atoms with E-state index >= 15 is 0 Å². The predicted octanol–water partition coefficient (Wildman–Crippen LogP) is 1.73. The number of aliphatic hydroxyl groups is 3. The number of esters is 1. The number of thioether (sulfide) groups is 1. The van der Waals surface area contributed by atoms with Gasteiger partial charge in [-0.3, -0.25) is 9.59 Å². The average Bonchev–Trinajstić information content (AvgIpc) is 3.03. The highest BCUT2D eigenvalue weighted by molar-refractivity contribution is 7.99. The van der Waals surface area contributed by atoms with Crippen molar-refractivity contribution in [1.82, 2.24) is 10.6 Å². The van der Waals surface area contributed by atoms with E-state index in [-0.39, 0.29) is 19.6 Å². The van der Waals surface area contributed by atoms with Gasteiger partial charge in [0.25, 0.3) is 5.91 Å². The molecule has 0 aliphatic heterocycles. The van der Waals surface area contributed by atoms with Crippen LogP contribution in [0.5, 0.6) is 0 Å². The lowest BCUT2D eigenvalue weighted by Crippen LogP contribution is -2.56. The predicted molar refractivity (Wildman–Crippen MR) is 171 cm³/mol. The van der Waals surface area contributed by atoms with E-state index in [4.69, 9.17) is 15.2 Å². The van der Waals surface area contributed by atoms with E-state index in [0.29, 0.717) is 18.5 Å². The average molecular weight is 634 g/mol. The number of aliphatic hydroxyl groups excluding tert-OH is 3. The lowest BCUT2D eigenvalue weighted by molar-refractivity contribution is -0.172. The second-order valence-corrected chi connectivity index (χ2v) is 12.1. The summed E-state index contributed by atoms with van der Waals surface area (Å²) >= 11 is 1.66. The summed E-state index contributed by atoms with van der Waals surface area (Å²) in [5.41, 5.74) is 6.32. The number of hydrogen-bond acceptors (Lipinski definition) is 10. The van der Waals surface area contributed by atoms with E-state index < -0.39 is 53.7 Å². The molecule has 244 valence electrons. The van der Waals surface area contributed by atoms with Crippen molar-refractivity contribution in [1.29, 1.82) is 0 Å². The first-order chi connectivity index (χ1) is 20.9. The molecule has 2 aromatic rings. The van der Waals surface area contributed by atoms with Crippen LogP contribution >= 0.6 is 11.8 Å². The molecule has 0 radical (unpaired) electrons. The fourth-order valence-electron chi connectivity index (χ4n) is 4.83. The number of nitrogens with two attached hydrogens (primary N) is 1. The molecule has 0 fully saturated rings. The van der Waals surface area contributed by atoms with Gasteiger partial charge in [-0.1, -0.05) is 49.4 Å². The second kappa shape index (κ2) is 18.7. The molecule has 0 saturated carbocycles. The quantitative estimate of drug-likeness (QED) is 0.0985. The van der Waals surface area contributed by atoms with Gasteiger partial charge in [0.2, 0.25) is 5.91 Å². The molecule has 0 spiro atoms. The van der Waals surface area contributed by atoms with Gasteiger partial charge in [-0.25, -0.2) is 4.79 Å². The fourth-order valence-corrected chi connectivity index (χ4v) is 5.52. The third-order valence-electron chi connectivity index (χ3n) is 7.34. The molecule has 2 amide bonds. The van der Waals surface area contributed by atoms with Crippen LogP contribution in [0.15, 0.2) is 54.6 Å². The van der Waals surface area contributed by atoms with Crippen molar-refractivity contribution in [3.05, 3.63) is 60.2 Å². The molecule has 44 heavy (non-hydrogen) atoms. The Hall–Kier alpha value is -3.00. The van der Waals surface area contributed by atoms with Crippen molar-refractivity contribution in [3.63, 3.8) is 0 Å². The first-order valence-corrected chi connectivity index (χ1v) is 15.8. The first-order valence-electron chi connectivity index (χ1n) is 14.7. The van der Waals surface area contributed by atoms with Crippen molar-refractivity contribution >= 4 is 29.5 Å². The fraction of sp³-hybridized carbons (Fsp3) is 0.531. The van der Waals surface area contributed by atoms with Gasteiger partial charge in [0.05, 0.1) is 31.5 Å². The normalized spacial score (nSPS) is 16.1. The summed E-state index contributed by atoms with van der Waals surface area (Å²) in [6, 6.07) is 15.6. The van der Waals surface area contributed by atoms with E-state index in [0.717, 1.165) is 22.6 Å². The molecule has 5 unspecified atom stereocenters. The van der Waals surface area contributed by atoms with E-state index in [1.54, 1.807) is 30.8 Å². The van der Waals surface area contributed by atoms with Gasteiger partial charge in [-0.15, -0.1) is 0 Å². The maximum absolute atomic E-state index is 12.7. The largest absolute Gasteiger partial charge is 0.467 e. The number of hydrogen-bond donors (Lipinski definition) is 6. The molecule has 12 heteroatoms. The molecule has 0 bridgehead atoms. The van der Waals surface area contributed by atoms with E-state index in [2.05, 4.69) is 10.6 Å². The summed E-state index contributed by atoms with van der Waals surface area (Å²) in [7, 11) is 1.22. The molecule has 2 rings (SSSR count). The Balaban J connectivity index is 2.03. The SMILES string of the molecule is COC(=O)C(C)(CC(O)C(NC(C)=O)C(C)[C@H](O)C(O)CNC(=O)c1ccc(-c2ccccc2)cc1)OCCCSCCN. The topological polar surface area (TPSA) is 180 Å². The molecule has 0 saturated heterocycles. The minimum absolute atomic E-state index is 0.228. The number of benzene rings is 2. The molecule has 6 atom stereocenters. The van der Waals surface area contributed by atoms with Crippen molar-refractivity contribution < 1.29 is 39.2 Å². The highest BCUT2D eigenvalue weighted by Gasteiger charge is 2.42. The third-order valence-corrected chi connectivity index (χ3v) is 8.44. The van der Waals surface area contributed by atoms with E-state index in [9.17, 15) is 29.7 Å². The van der Waals surface area contributed by atoms with Crippen molar-refractivity contribution in [2.75, 3.05) is 38.3 Å². The molecule has 0 heterocycles. The van der Waals surface area contributed by atoms with Gasteiger partial charge >= 0.3 is 5.97 Å². The molecular formula is C32H47N3O8S. The smallest absolute Gasteiger partial charge is 0.337 e. The number of ether oxygens (including phenoxy) is 2. The summed E-state index contributed by atoms with van der Waals surface area (Å²) in [6.07, 6.45) is -3.83. The summed E-state index contributed by atoms with van der Waals surface area (Å²) in [4.78, 5) is 37.4. The van der Waals surface area contributed by atoms with Gasteiger partial charge in [-0.2, -0.15) is 11.8 Å². The monoisotopic (exact) mass is 633 g/mol. The molecular weight excluding hydrogens is 586 g/mol. The summed E-state index contributed by atoms with van der Waals surface area (Å²) in [6.45, 7) is 4.82. The minimum atomic E-state index is -1.53. The summed E-state index contributed by atoms with van der Waals surface area (Å²) in [5, 5.41) is 38.1. The second-order valence-electron chi connectivity index (χ2n) is 10.9. The van der Waals surface area contributed by atoms with E-state index in [1.165, 1.54) is 21.0 Å². The molecule has 2 aromatic carbocycles. The van der Waals surface area contributed by atoms with Crippen LogP contribution in [0.4, 0.5) is 0 Å². The van der Waals surface area contributed by atoms with Crippen LogP contribution in [-0.2, 0) is 19.1 Å². The minimum Gasteiger partial charge on any atom is -0.467 e. The lowest BCUT2D eigenvalue weighted by Gasteiger charge is -2.37. The van der Waals surface area contributed by atoms with Gasteiger partial charge in [0.15, 0.2) is 5.60 Å². The van der Waals surface area contributed by atoms with Crippen LogP contribution < -0.4 is 16.4 Å². The van der Waals surface area contributed by atoms with Crippen molar-refractivity contribution in [2.24, 2.45) is 11.7 Å². The van der Waals surface area contributed by atoms with Crippen LogP contribution in [0.25, 0.3) is 11.1 Å². The molecule has 11 nitrogen and oxygen atoms in total. The van der Waals surface area contributed by atoms with Crippen LogP contribution in [0.1, 0.15) is 44.0 Å². The highest BCUT2D eigenvalue weighted by atomic mass is 32.2. The van der Waals surface area contributed by atoms with Crippen molar-refractivity contribution in [2.45, 2.75) is 63.6 Å². The van der Waals surface area contributed by atoms with Crippen LogP contribution in [0.3, 0.4) is 0 Å². The Morgan fingerprint density at radius 3 is 2.20 bits per heavy atom. The molecule has 0 aliphatic carbocycles. The Bertz CT molecular complexity index is 1170. The van der Waals surface area contributed by atoms with Crippen LogP contribution in [0.2, 0.25) is 0 Å². The van der Waals surface area contributed by atoms with E-state index in [1.807, 2.05) is 42.5 Å². The molecule has 0 aromatic heterocycles. The Morgan fingerprint density at radius 2 is 1.61 bits per heavy atom. The number of rotatable bonds is 19. The molecule has 0 aliphatic rings. The highest BCUT2D eigenvalue weighted by Crippen LogP contribution is 2.26. The van der Waals surface area contributed by atoms with Crippen molar-refractivity contribution in [3.8, 4) is 11.1 Å². The number of amides is 2. The lowest BCUT2D eigenvalue weighted by atomic mass is 9.84. The van der Waals surface area contributed by atoms with Gasteiger partial charge in [0.1, 0.15) is 0 Å². The zero-order valence-corrected chi connectivity index (χ0v) is 26.7. The number of carbonyl (C=O) groups is 3. The Morgan fingerprint density at radius 1 is 0.977 bits per heavy atom. The maximum Gasteiger partial charge on any atom is 0.337 e. The summed E-state index contributed by atoms with van der Waals surface area (Å²) < 4.78 is 10.8. The van der Waals surface area contributed by atoms with Gasteiger partial charge in [0, 0.05) is 50.3 Å². The zero-order chi connectivity index (χ0) is 32.7. The first kappa shape index (κ1) is 37.2. The number of carbonyl (C=O) groups excluding carboxylic acids is 3. The Labute approximate surface area is 263 Å². The third kappa shape index (κ3) is 11.5. The molecule has 7 N–H and O–H groups in total.